The first-order valence-electron chi connectivity index (χ1n) is 4.16. The second kappa shape index (κ2) is 5.16. The van der Waals surface area contributed by atoms with E-state index < -0.39 is 12.6 Å². The number of alkyl halides is 4. The second-order valence-corrected chi connectivity index (χ2v) is 4.80. The Morgan fingerprint density at radius 1 is 1.43 bits per heavy atom. The second-order valence-electron chi connectivity index (χ2n) is 3.12. The van der Waals surface area contributed by atoms with Gasteiger partial charge in [-0.15, -0.1) is 11.3 Å². The first-order chi connectivity index (χ1) is 6.51. The van der Waals surface area contributed by atoms with Crippen molar-refractivity contribution in [3.8, 4) is 0 Å². The SMILES string of the molecule is FC(F)(F)CC(CBr)Cc1cccs1. The van der Waals surface area contributed by atoms with Crippen molar-refractivity contribution < 1.29 is 13.2 Å². The smallest absolute Gasteiger partial charge is 0.171 e. The van der Waals surface area contributed by atoms with Crippen molar-refractivity contribution in [2.45, 2.75) is 19.0 Å². The molecule has 80 valence electrons. The molecule has 0 N–H and O–H groups in total. The highest BCUT2D eigenvalue weighted by atomic mass is 79.9. The van der Waals surface area contributed by atoms with Crippen LogP contribution in [0, 0.1) is 5.92 Å². The highest BCUT2D eigenvalue weighted by Gasteiger charge is 2.31. The summed E-state index contributed by atoms with van der Waals surface area (Å²) in [4.78, 5) is 1.01. The third-order valence-electron chi connectivity index (χ3n) is 1.81. The molecule has 0 aliphatic rings. The molecule has 0 radical (unpaired) electrons. The summed E-state index contributed by atoms with van der Waals surface area (Å²) >= 11 is 4.62. The molecule has 1 atom stereocenters. The molecule has 1 heterocycles. The Morgan fingerprint density at radius 3 is 2.57 bits per heavy atom. The zero-order chi connectivity index (χ0) is 10.6. The minimum Gasteiger partial charge on any atom is -0.171 e. The highest BCUT2D eigenvalue weighted by Crippen LogP contribution is 2.28. The molecule has 0 spiro atoms. The molecule has 0 aliphatic heterocycles. The van der Waals surface area contributed by atoms with Crippen molar-refractivity contribution in [1.29, 1.82) is 0 Å². The summed E-state index contributed by atoms with van der Waals surface area (Å²) in [7, 11) is 0. The van der Waals surface area contributed by atoms with Gasteiger partial charge in [0, 0.05) is 16.6 Å². The standard InChI is InChI=1S/C9H10BrF3S/c10-6-7(5-9(11,12)13)4-8-2-1-3-14-8/h1-3,7H,4-6H2. The molecule has 1 aromatic rings. The summed E-state index contributed by atoms with van der Waals surface area (Å²) in [5, 5.41) is 2.28. The van der Waals surface area contributed by atoms with Gasteiger partial charge in [0.15, 0.2) is 0 Å². The molecule has 1 unspecified atom stereocenters. The number of halogens is 4. The van der Waals surface area contributed by atoms with Gasteiger partial charge in [-0.05, 0) is 23.8 Å². The number of hydrogen-bond donors (Lipinski definition) is 0. The molecule has 0 saturated carbocycles. The topological polar surface area (TPSA) is 0 Å². The Bertz CT molecular complexity index is 256. The van der Waals surface area contributed by atoms with Crippen molar-refractivity contribution in [2.75, 3.05) is 5.33 Å². The molecule has 5 heteroatoms. The minimum absolute atomic E-state index is 0.353. The average molecular weight is 287 g/mol. The third kappa shape index (κ3) is 4.46. The van der Waals surface area contributed by atoms with Crippen LogP contribution >= 0.6 is 27.3 Å². The van der Waals surface area contributed by atoms with Crippen LogP contribution in [0.4, 0.5) is 13.2 Å². The van der Waals surface area contributed by atoms with Gasteiger partial charge in [-0.2, -0.15) is 13.2 Å². The van der Waals surface area contributed by atoms with Crippen LogP contribution in [-0.4, -0.2) is 11.5 Å². The van der Waals surface area contributed by atoms with E-state index >= 15 is 0 Å². The lowest BCUT2D eigenvalue weighted by molar-refractivity contribution is -0.142. The number of thiophene rings is 1. The summed E-state index contributed by atoms with van der Waals surface area (Å²) in [5.41, 5.74) is 0. The van der Waals surface area contributed by atoms with Crippen LogP contribution in [0.5, 0.6) is 0 Å². The molecule has 1 aromatic heterocycles. The lowest BCUT2D eigenvalue weighted by atomic mass is 10.0. The highest BCUT2D eigenvalue weighted by molar-refractivity contribution is 9.09. The Balaban J connectivity index is 2.47. The van der Waals surface area contributed by atoms with Crippen LogP contribution in [0.3, 0.4) is 0 Å². The normalized spacial score (nSPS) is 14.3. The number of hydrogen-bond acceptors (Lipinski definition) is 1. The van der Waals surface area contributed by atoms with Crippen LogP contribution < -0.4 is 0 Å². The van der Waals surface area contributed by atoms with Gasteiger partial charge in [0.25, 0.3) is 0 Å². The van der Waals surface area contributed by atoms with Crippen molar-refractivity contribution in [2.24, 2.45) is 5.92 Å². The Labute approximate surface area is 93.3 Å². The molecule has 0 bridgehead atoms. The quantitative estimate of drug-likeness (QED) is 0.726. The molecule has 1 rings (SSSR count). The fourth-order valence-electron chi connectivity index (χ4n) is 1.22. The summed E-state index contributed by atoms with van der Waals surface area (Å²) in [6.45, 7) is 0. The molecule has 0 aromatic carbocycles. The van der Waals surface area contributed by atoms with E-state index in [4.69, 9.17) is 0 Å². The zero-order valence-electron chi connectivity index (χ0n) is 7.35. The molecule has 14 heavy (non-hydrogen) atoms. The van der Waals surface area contributed by atoms with E-state index in [1.54, 1.807) is 0 Å². The summed E-state index contributed by atoms with van der Waals surface area (Å²) < 4.78 is 36.3. The van der Waals surface area contributed by atoms with Crippen LogP contribution in [0.2, 0.25) is 0 Å². The van der Waals surface area contributed by atoms with E-state index in [-0.39, 0.29) is 5.92 Å². The summed E-state index contributed by atoms with van der Waals surface area (Å²) in [5.74, 6) is -0.353. The van der Waals surface area contributed by atoms with E-state index in [2.05, 4.69) is 15.9 Å². The molecule has 0 saturated heterocycles. The molecule has 0 fully saturated rings. The van der Waals surface area contributed by atoms with Gasteiger partial charge < -0.3 is 0 Å². The summed E-state index contributed by atoms with van der Waals surface area (Å²) in [6, 6.07) is 3.73. The predicted molar refractivity (Wildman–Crippen MR) is 56.0 cm³/mol. The monoisotopic (exact) mass is 286 g/mol. The van der Waals surface area contributed by atoms with Crippen molar-refractivity contribution in [1.82, 2.24) is 0 Å². The maximum absolute atomic E-state index is 12.1. The van der Waals surface area contributed by atoms with Gasteiger partial charge in [-0.1, -0.05) is 22.0 Å². The van der Waals surface area contributed by atoms with Crippen LogP contribution in [-0.2, 0) is 6.42 Å². The van der Waals surface area contributed by atoms with E-state index in [0.29, 0.717) is 11.8 Å². The maximum atomic E-state index is 12.1. The first kappa shape index (κ1) is 12.0. The predicted octanol–water partition coefficient (Wildman–Crippen LogP) is 4.25. The molecule has 0 amide bonds. The van der Waals surface area contributed by atoms with Gasteiger partial charge in [-0.25, -0.2) is 0 Å². The van der Waals surface area contributed by atoms with E-state index in [0.717, 1.165) is 4.88 Å². The van der Waals surface area contributed by atoms with Crippen molar-refractivity contribution in [3.63, 3.8) is 0 Å². The van der Waals surface area contributed by atoms with Crippen LogP contribution in [0.15, 0.2) is 17.5 Å². The molecule has 0 aliphatic carbocycles. The third-order valence-corrected chi connectivity index (χ3v) is 3.62. The van der Waals surface area contributed by atoms with Crippen LogP contribution in [0.1, 0.15) is 11.3 Å². The van der Waals surface area contributed by atoms with Gasteiger partial charge in [-0.3, -0.25) is 0 Å². The van der Waals surface area contributed by atoms with Gasteiger partial charge in [0.05, 0.1) is 0 Å². The lowest BCUT2D eigenvalue weighted by Gasteiger charge is -2.14. The lowest BCUT2D eigenvalue weighted by Crippen LogP contribution is -2.17. The van der Waals surface area contributed by atoms with E-state index in [1.807, 2.05) is 17.5 Å². The maximum Gasteiger partial charge on any atom is 0.389 e. The van der Waals surface area contributed by atoms with E-state index in [1.165, 1.54) is 11.3 Å². The number of rotatable bonds is 4. The largest absolute Gasteiger partial charge is 0.389 e. The van der Waals surface area contributed by atoms with Gasteiger partial charge in [0.2, 0.25) is 0 Å². The fraction of sp³-hybridized carbons (Fsp3) is 0.556. The molecule has 0 nitrogen and oxygen atoms in total. The minimum atomic E-state index is -4.06. The average Bonchev–Trinajstić information content (AvgIpc) is 2.53. The van der Waals surface area contributed by atoms with Gasteiger partial charge in [0.1, 0.15) is 0 Å². The van der Waals surface area contributed by atoms with Crippen molar-refractivity contribution in [3.05, 3.63) is 22.4 Å². The van der Waals surface area contributed by atoms with Crippen LogP contribution in [0.25, 0.3) is 0 Å². The Hall–Kier alpha value is -0.0300. The molecular weight excluding hydrogens is 277 g/mol. The molecular formula is C9H10BrF3S. The zero-order valence-corrected chi connectivity index (χ0v) is 9.75. The summed E-state index contributed by atoms with van der Waals surface area (Å²) in [6.07, 6.45) is -4.27. The first-order valence-corrected chi connectivity index (χ1v) is 6.16. The van der Waals surface area contributed by atoms with E-state index in [9.17, 15) is 13.2 Å². The Kier molecular flexibility index (Phi) is 4.44. The fourth-order valence-corrected chi connectivity index (χ4v) is 2.50. The van der Waals surface area contributed by atoms with Crippen molar-refractivity contribution >= 4 is 27.3 Å². The Morgan fingerprint density at radius 2 is 2.14 bits per heavy atom. The van der Waals surface area contributed by atoms with Gasteiger partial charge >= 0.3 is 6.18 Å².